The summed E-state index contributed by atoms with van der Waals surface area (Å²) in [5.74, 6) is 0. The van der Waals surface area contributed by atoms with Crippen molar-refractivity contribution in [1.29, 1.82) is 0 Å². The van der Waals surface area contributed by atoms with Crippen LogP contribution in [0.15, 0.2) is 24.4 Å². The molecular weight excluding hydrogens is 194 g/mol. The van der Waals surface area contributed by atoms with Gasteiger partial charge in [-0.25, -0.2) is 0 Å². The molecule has 1 aromatic heterocycles. The van der Waals surface area contributed by atoms with Crippen molar-refractivity contribution in [2.24, 2.45) is 0 Å². The molecular formula is C15H15N. The molecule has 0 atom stereocenters. The Hall–Kier alpha value is -1.63. The molecule has 1 heteroatoms. The summed E-state index contributed by atoms with van der Waals surface area (Å²) >= 11 is 0. The Morgan fingerprint density at radius 2 is 1.94 bits per heavy atom. The molecule has 0 aliphatic heterocycles. The van der Waals surface area contributed by atoms with Gasteiger partial charge in [0.2, 0.25) is 0 Å². The number of nitrogens with zero attached hydrogens (tertiary/aromatic N) is 1. The van der Waals surface area contributed by atoms with Gasteiger partial charge in [0.05, 0.1) is 0 Å². The molecule has 1 heterocycles. The van der Waals surface area contributed by atoms with Crippen molar-refractivity contribution in [3.05, 3.63) is 52.3 Å². The third kappa shape index (κ3) is 1.21. The highest BCUT2D eigenvalue weighted by Gasteiger charge is 2.22. The molecule has 1 aromatic carbocycles. The summed E-state index contributed by atoms with van der Waals surface area (Å²) in [6.07, 6.45) is 3.04. The molecule has 80 valence electrons. The molecule has 0 saturated heterocycles. The Morgan fingerprint density at radius 3 is 2.75 bits per heavy atom. The Kier molecular flexibility index (Phi) is 1.90. The zero-order valence-electron chi connectivity index (χ0n) is 9.96. The van der Waals surface area contributed by atoms with Crippen LogP contribution in [-0.4, -0.2) is 4.98 Å². The highest BCUT2D eigenvalue weighted by molar-refractivity contribution is 5.80. The van der Waals surface area contributed by atoms with Crippen molar-refractivity contribution in [2.45, 2.75) is 27.2 Å². The highest BCUT2D eigenvalue weighted by atomic mass is 14.7. The molecule has 0 spiro atoms. The molecule has 16 heavy (non-hydrogen) atoms. The molecule has 1 aliphatic rings. The number of hydrogen-bond acceptors (Lipinski definition) is 1. The van der Waals surface area contributed by atoms with Crippen LogP contribution in [0, 0.1) is 20.8 Å². The maximum atomic E-state index is 4.46. The first-order valence-corrected chi connectivity index (χ1v) is 5.72. The summed E-state index contributed by atoms with van der Waals surface area (Å²) in [5.41, 5.74) is 9.50. The van der Waals surface area contributed by atoms with E-state index in [9.17, 15) is 0 Å². The smallest absolute Gasteiger partial charge is 0.0414 e. The maximum Gasteiger partial charge on any atom is 0.0414 e. The predicted molar refractivity (Wildman–Crippen MR) is 66.7 cm³/mol. The summed E-state index contributed by atoms with van der Waals surface area (Å²) in [7, 11) is 0. The normalized spacial score (nSPS) is 12.4. The lowest BCUT2D eigenvalue weighted by molar-refractivity contribution is 1.10. The van der Waals surface area contributed by atoms with Gasteiger partial charge in [0, 0.05) is 18.3 Å². The Balaban J connectivity index is 2.35. The van der Waals surface area contributed by atoms with E-state index >= 15 is 0 Å². The number of aromatic nitrogens is 1. The number of rotatable bonds is 0. The van der Waals surface area contributed by atoms with E-state index in [0.29, 0.717) is 0 Å². The predicted octanol–water partition coefficient (Wildman–Crippen LogP) is 3.58. The molecule has 2 aromatic rings. The Bertz CT molecular complexity index is 582. The summed E-state index contributed by atoms with van der Waals surface area (Å²) < 4.78 is 0. The summed E-state index contributed by atoms with van der Waals surface area (Å²) in [5, 5.41) is 0. The molecule has 0 saturated carbocycles. The lowest BCUT2D eigenvalue weighted by Gasteiger charge is -2.07. The van der Waals surface area contributed by atoms with E-state index < -0.39 is 0 Å². The van der Waals surface area contributed by atoms with Crippen molar-refractivity contribution in [3.63, 3.8) is 0 Å². The first-order valence-electron chi connectivity index (χ1n) is 5.72. The number of pyridine rings is 1. The standard InChI is InChI=1S/C15H15N/c1-9-4-5-12-7-13-11(3)16-8-10(2)15(13)14(12)6-9/h4-6,8H,7H2,1-3H3. The highest BCUT2D eigenvalue weighted by Crippen LogP contribution is 2.39. The van der Waals surface area contributed by atoms with E-state index in [-0.39, 0.29) is 0 Å². The molecule has 3 rings (SSSR count). The largest absolute Gasteiger partial charge is 0.261 e. The van der Waals surface area contributed by atoms with Crippen LogP contribution in [0.1, 0.15) is 27.9 Å². The van der Waals surface area contributed by atoms with E-state index in [1.165, 1.54) is 39.1 Å². The van der Waals surface area contributed by atoms with Crippen LogP contribution in [-0.2, 0) is 6.42 Å². The van der Waals surface area contributed by atoms with Crippen molar-refractivity contribution in [1.82, 2.24) is 4.98 Å². The fourth-order valence-electron chi connectivity index (χ4n) is 2.61. The zero-order valence-corrected chi connectivity index (χ0v) is 9.96. The third-order valence-electron chi connectivity index (χ3n) is 3.49. The average molecular weight is 209 g/mol. The van der Waals surface area contributed by atoms with E-state index in [4.69, 9.17) is 0 Å². The van der Waals surface area contributed by atoms with Gasteiger partial charge >= 0.3 is 0 Å². The number of fused-ring (bicyclic) bond motifs is 3. The number of aryl methyl sites for hydroxylation is 3. The van der Waals surface area contributed by atoms with Gasteiger partial charge in [-0.05, 0) is 48.6 Å². The van der Waals surface area contributed by atoms with Gasteiger partial charge in [0.25, 0.3) is 0 Å². The Morgan fingerprint density at radius 1 is 1.12 bits per heavy atom. The second-order valence-corrected chi connectivity index (χ2v) is 4.72. The minimum Gasteiger partial charge on any atom is -0.261 e. The lowest BCUT2D eigenvalue weighted by atomic mass is 10.0. The Labute approximate surface area is 96.2 Å². The fraction of sp³-hybridized carbons (Fsp3) is 0.267. The fourth-order valence-corrected chi connectivity index (χ4v) is 2.61. The summed E-state index contributed by atoms with van der Waals surface area (Å²) in [6.45, 7) is 6.42. The van der Waals surface area contributed by atoms with Crippen LogP contribution in [0.25, 0.3) is 11.1 Å². The minimum atomic E-state index is 1.05. The van der Waals surface area contributed by atoms with Gasteiger partial charge in [-0.15, -0.1) is 0 Å². The molecule has 1 aliphatic carbocycles. The molecule has 0 fully saturated rings. The first kappa shape index (κ1) is 9.59. The van der Waals surface area contributed by atoms with Gasteiger partial charge in [-0.1, -0.05) is 23.8 Å². The van der Waals surface area contributed by atoms with Gasteiger partial charge in [-0.2, -0.15) is 0 Å². The summed E-state index contributed by atoms with van der Waals surface area (Å²) in [6, 6.07) is 6.75. The first-order chi connectivity index (χ1) is 7.66. The quantitative estimate of drug-likeness (QED) is 0.551. The molecule has 0 unspecified atom stereocenters. The van der Waals surface area contributed by atoms with Gasteiger partial charge < -0.3 is 0 Å². The van der Waals surface area contributed by atoms with Gasteiger partial charge in [0.1, 0.15) is 0 Å². The van der Waals surface area contributed by atoms with Crippen LogP contribution in [0.5, 0.6) is 0 Å². The van der Waals surface area contributed by atoms with Crippen LogP contribution >= 0.6 is 0 Å². The lowest BCUT2D eigenvalue weighted by Crippen LogP contribution is -1.92. The van der Waals surface area contributed by atoms with Crippen LogP contribution in [0.3, 0.4) is 0 Å². The van der Waals surface area contributed by atoms with Crippen molar-refractivity contribution >= 4 is 0 Å². The van der Waals surface area contributed by atoms with Crippen molar-refractivity contribution < 1.29 is 0 Å². The average Bonchev–Trinajstić information content (AvgIpc) is 2.63. The zero-order chi connectivity index (χ0) is 11.3. The van der Waals surface area contributed by atoms with E-state index in [1.807, 2.05) is 6.20 Å². The minimum absolute atomic E-state index is 1.05. The second kappa shape index (κ2) is 3.18. The molecule has 0 N–H and O–H groups in total. The maximum absolute atomic E-state index is 4.46. The molecule has 0 bridgehead atoms. The summed E-state index contributed by atoms with van der Waals surface area (Å²) in [4.78, 5) is 4.46. The van der Waals surface area contributed by atoms with Crippen LogP contribution in [0.4, 0.5) is 0 Å². The SMILES string of the molecule is Cc1ccc2c(c1)-c1c(C)cnc(C)c1C2. The molecule has 1 nitrogen and oxygen atoms in total. The van der Waals surface area contributed by atoms with Gasteiger partial charge in [0.15, 0.2) is 0 Å². The van der Waals surface area contributed by atoms with Gasteiger partial charge in [-0.3, -0.25) is 4.98 Å². The second-order valence-electron chi connectivity index (χ2n) is 4.72. The van der Waals surface area contributed by atoms with E-state index in [2.05, 4.69) is 44.0 Å². The number of hydrogen-bond donors (Lipinski definition) is 0. The van der Waals surface area contributed by atoms with Crippen LogP contribution < -0.4 is 0 Å². The van der Waals surface area contributed by atoms with E-state index in [1.54, 1.807) is 0 Å². The van der Waals surface area contributed by atoms with E-state index in [0.717, 1.165) is 6.42 Å². The number of benzene rings is 1. The van der Waals surface area contributed by atoms with Crippen molar-refractivity contribution in [2.75, 3.05) is 0 Å². The molecule has 0 amide bonds. The third-order valence-corrected chi connectivity index (χ3v) is 3.49. The monoisotopic (exact) mass is 209 g/mol. The van der Waals surface area contributed by atoms with Crippen molar-refractivity contribution in [3.8, 4) is 11.1 Å². The molecule has 0 radical (unpaired) electrons. The topological polar surface area (TPSA) is 12.9 Å². The van der Waals surface area contributed by atoms with Crippen LogP contribution in [0.2, 0.25) is 0 Å².